The van der Waals surface area contributed by atoms with Crippen LogP contribution in [0, 0.1) is 35.5 Å². The van der Waals surface area contributed by atoms with Crippen molar-refractivity contribution in [1.29, 1.82) is 0 Å². The van der Waals surface area contributed by atoms with E-state index in [9.17, 15) is 19.5 Å². The number of amides is 1. The smallest absolute Gasteiger partial charge is 0.407 e. The fraction of sp³-hybridized carbons (Fsp3) is 0.782. The van der Waals surface area contributed by atoms with Crippen LogP contribution in [0.25, 0.3) is 0 Å². The zero-order valence-corrected chi connectivity index (χ0v) is 62.1. The third-order valence-corrected chi connectivity index (χ3v) is 29.0. The van der Waals surface area contributed by atoms with E-state index in [1.54, 1.807) is 13.2 Å². The average Bonchev–Trinajstić information content (AvgIpc) is 1.55. The van der Waals surface area contributed by atoms with Crippen molar-refractivity contribution in [2.45, 2.75) is 330 Å². The van der Waals surface area contributed by atoms with Crippen LogP contribution in [0.3, 0.4) is 0 Å². The number of alkyl carbamates (subject to hydrolysis) is 1. The van der Waals surface area contributed by atoms with Crippen LogP contribution in [-0.2, 0) is 82.2 Å². The highest BCUT2D eigenvalue weighted by atomic mass is 28.4. The Morgan fingerprint density at radius 3 is 2.20 bits per heavy atom. The minimum Gasteiger partial charge on any atom is -0.497 e. The van der Waals surface area contributed by atoms with Crippen LogP contribution < -0.4 is 10.1 Å². The van der Waals surface area contributed by atoms with Crippen LogP contribution in [0.2, 0.25) is 18.1 Å². The molecule has 99 heavy (non-hydrogen) atoms. The molecule has 0 radical (unpaired) electrons. The second kappa shape index (κ2) is 31.4. The van der Waals surface area contributed by atoms with Gasteiger partial charge >= 0.3 is 12.1 Å². The van der Waals surface area contributed by atoms with Gasteiger partial charge in [-0.3, -0.25) is 9.59 Å². The molecule has 0 saturated carbocycles. The summed E-state index contributed by atoms with van der Waals surface area (Å²) in [6.07, 6.45) is 6.09. The number of carbonyl (C=O) groups excluding carboxylic acids is 3. The first-order chi connectivity index (χ1) is 47.1. The number of nitrogens with one attached hydrogen (secondary N) is 1. The SMILES string of the molecule is C=CCOC(=O)NCC1OC(C(C)CC(=O)CC(C)C(C=CC(O)CC2OC3C(CC2C)OC2CC4OC(CCC5OC(CCC67CC8OC9C(OC%10CCC(CC(=O)OC2C3C)OC%10C9O6)C8O7)CC5=C)CC(C)C4=C)OCc2ccc(OC)cc2)C(O[Si](C)(C)C(C)(C)C)CC1C. The number of Topliss-reactive ketones (excluding diaryl/α,β-unsaturated/α-hetero) is 1. The maximum atomic E-state index is 14.7. The molecule has 552 valence electrons. The molecule has 12 fully saturated rings. The van der Waals surface area contributed by atoms with E-state index < -0.39 is 75.1 Å². The number of ether oxygens (including phenoxy) is 14. The van der Waals surface area contributed by atoms with Crippen molar-refractivity contribution >= 4 is 26.2 Å². The topological polar surface area (TPSA) is 222 Å². The van der Waals surface area contributed by atoms with Crippen LogP contribution in [0.5, 0.6) is 5.75 Å². The highest BCUT2D eigenvalue weighted by Crippen LogP contribution is 2.55. The molecule has 1 aromatic rings. The van der Waals surface area contributed by atoms with Crippen molar-refractivity contribution < 1.29 is 90.2 Å². The van der Waals surface area contributed by atoms with Crippen LogP contribution in [0.4, 0.5) is 4.79 Å². The first-order valence-electron chi connectivity index (χ1n) is 37.6. The molecule has 12 saturated heterocycles. The Morgan fingerprint density at radius 2 is 1.44 bits per heavy atom. The van der Waals surface area contributed by atoms with E-state index in [1.165, 1.54) is 6.08 Å². The van der Waals surface area contributed by atoms with Gasteiger partial charge in [-0.25, -0.2) is 4.79 Å². The van der Waals surface area contributed by atoms with Gasteiger partial charge < -0.3 is 81.2 Å². The Morgan fingerprint density at radius 1 is 0.737 bits per heavy atom. The predicted octanol–water partition coefficient (Wildman–Crippen LogP) is 12.1. The standard InChI is InChI=1S/C78H117NO19Si/c1-16-29-85-76(83)79-40-66-46(6)35-64(98-99(14,15)77(10,11)12)68(94-66)47(7)31-52(81)30-43(3)57(86-41-50-17-20-53(84-13)21-18-50)24-19-51(80)36-60-45(5)34-62-69(92-60)49(9)70-63(90-62)38-61-48(8)42(2)32-54(88-61)22-25-58-44(4)33-56(87-58)27-28-78-39-65-72(96-78)73-74(93-65)75(97-78)71-59(91-73)26-23-55(89-71)37-67(82)95-70/h16-21,24,42-43,45-47,49,51,54-66,68-75,80H,1,4,8,22-23,25-41H2,2-3,5-7,9-15H3,(H,79,83). The summed E-state index contributed by atoms with van der Waals surface area (Å²) in [4.78, 5) is 41.7. The molecule has 1 amide bonds. The summed E-state index contributed by atoms with van der Waals surface area (Å²) < 4.78 is 101. The molecule has 12 bridgehead atoms. The Hall–Kier alpha value is -3.91. The normalized spacial score (nSPS) is 41.3. The fourth-order valence-electron chi connectivity index (χ4n) is 17.8. The van der Waals surface area contributed by atoms with Crippen molar-refractivity contribution in [3.05, 3.63) is 78.9 Å². The van der Waals surface area contributed by atoms with Gasteiger partial charge in [0.25, 0.3) is 0 Å². The Labute approximate surface area is 589 Å². The van der Waals surface area contributed by atoms with E-state index in [4.69, 9.17) is 70.7 Å². The van der Waals surface area contributed by atoms with Gasteiger partial charge in [0, 0.05) is 51.0 Å². The van der Waals surface area contributed by atoms with E-state index in [1.807, 2.05) is 37.3 Å². The number of methoxy groups -OCH3 is 1. The lowest BCUT2D eigenvalue weighted by Crippen LogP contribution is -2.62. The lowest BCUT2D eigenvalue weighted by molar-refractivity contribution is -0.293. The van der Waals surface area contributed by atoms with Gasteiger partial charge in [0.05, 0.1) is 118 Å². The first kappa shape index (κ1) is 74.8. The number of aliphatic hydroxyl groups is 1. The number of aliphatic hydroxyl groups excluding tert-OH is 1. The average molecular weight is 1400 g/mol. The van der Waals surface area contributed by atoms with Crippen LogP contribution in [0.1, 0.15) is 171 Å². The molecule has 21 heteroatoms. The highest BCUT2D eigenvalue weighted by Gasteiger charge is 2.69. The molecule has 0 aliphatic carbocycles. The van der Waals surface area contributed by atoms with Gasteiger partial charge in [0.15, 0.2) is 14.1 Å². The van der Waals surface area contributed by atoms with Gasteiger partial charge in [0.2, 0.25) is 0 Å². The number of hydrogen-bond donors (Lipinski definition) is 2. The largest absolute Gasteiger partial charge is 0.497 e. The predicted molar refractivity (Wildman–Crippen MR) is 372 cm³/mol. The lowest BCUT2D eigenvalue weighted by Gasteiger charge is -2.51. The Balaban J connectivity index is 0.729. The molecule has 12 aliphatic heterocycles. The number of esters is 1. The van der Waals surface area contributed by atoms with Crippen molar-refractivity contribution in [3.63, 3.8) is 0 Å². The van der Waals surface area contributed by atoms with Crippen molar-refractivity contribution in [2.75, 3.05) is 20.3 Å². The zero-order valence-electron chi connectivity index (χ0n) is 61.1. The van der Waals surface area contributed by atoms with E-state index in [-0.39, 0.29) is 177 Å². The quantitative estimate of drug-likeness (QED) is 0.0704. The summed E-state index contributed by atoms with van der Waals surface area (Å²) in [5, 5.41) is 14.9. The minimum atomic E-state index is -2.27. The molecule has 1 spiro atoms. The van der Waals surface area contributed by atoms with Crippen molar-refractivity contribution in [3.8, 4) is 5.75 Å². The van der Waals surface area contributed by atoms with E-state index in [0.717, 1.165) is 54.6 Å². The summed E-state index contributed by atoms with van der Waals surface area (Å²) in [7, 11) is -0.640. The maximum absolute atomic E-state index is 14.7. The Bertz CT molecular complexity index is 3010. The maximum Gasteiger partial charge on any atom is 0.407 e. The summed E-state index contributed by atoms with van der Waals surface area (Å²) in [6, 6.07) is 7.70. The third-order valence-electron chi connectivity index (χ3n) is 24.5. The molecule has 0 aromatic heterocycles. The van der Waals surface area contributed by atoms with Gasteiger partial charge in [0.1, 0.15) is 54.8 Å². The van der Waals surface area contributed by atoms with Gasteiger partial charge in [-0.1, -0.05) is 112 Å². The van der Waals surface area contributed by atoms with E-state index >= 15 is 0 Å². The van der Waals surface area contributed by atoms with Gasteiger partial charge in [-0.05, 0) is 134 Å². The van der Waals surface area contributed by atoms with Gasteiger partial charge in [-0.2, -0.15) is 0 Å². The molecule has 12 heterocycles. The molecular weight excluding hydrogens is 1280 g/mol. The van der Waals surface area contributed by atoms with Gasteiger partial charge in [-0.15, -0.1) is 0 Å². The lowest BCUT2D eigenvalue weighted by atomic mass is 9.77. The molecule has 1 aromatic carbocycles. The Kier molecular flexibility index (Phi) is 23.7. The minimum absolute atomic E-state index is 0.00133. The summed E-state index contributed by atoms with van der Waals surface area (Å²) in [5.74, 6) is -0.990. The number of carbonyl (C=O) groups is 3. The number of fused-ring (bicyclic) bond motifs is 7. The number of benzene rings is 1. The number of rotatable bonds is 20. The first-order valence-corrected chi connectivity index (χ1v) is 40.5. The third kappa shape index (κ3) is 17.1. The van der Waals surface area contributed by atoms with Crippen LogP contribution >= 0.6 is 0 Å². The number of hydrogen-bond acceptors (Lipinski definition) is 19. The highest BCUT2D eigenvalue weighted by molar-refractivity contribution is 6.74. The summed E-state index contributed by atoms with van der Waals surface area (Å²) in [6.45, 7) is 37.2. The molecule has 2 N–H and O–H groups in total. The van der Waals surface area contributed by atoms with E-state index in [0.29, 0.717) is 44.9 Å². The van der Waals surface area contributed by atoms with Crippen molar-refractivity contribution in [1.82, 2.24) is 5.32 Å². The van der Waals surface area contributed by atoms with Crippen molar-refractivity contribution in [2.24, 2.45) is 35.5 Å². The molecule has 29 atom stereocenters. The van der Waals surface area contributed by atoms with Crippen LogP contribution in [0.15, 0.2) is 73.4 Å². The van der Waals surface area contributed by atoms with Crippen LogP contribution in [-0.4, -0.2) is 192 Å². The molecule has 13 rings (SSSR count). The molecule has 12 aliphatic rings. The molecule has 29 unspecified atom stereocenters. The second-order valence-corrected chi connectivity index (χ2v) is 37.9. The molecular formula is C78H117NO19Si. The summed E-state index contributed by atoms with van der Waals surface area (Å²) in [5.41, 5.74) is 3.06. The molecule has 20 nitrogen and oxygen atoms in total. The summed E-state index contributed by atoms with van der Waals surface area (Å²) >= 11 is 0. The second-order valence-electron chi connectivity index (χ2n) is 33.1. The fourth-order valence-corrected chi connectivity index (χ4v) is 19.1. The van der Waals surface area contributed by atoms with E-state index in [2.05, 4.69) is 93.5 Å². The number of ketones is 1. The monoisotopic (exact) mass is 1400 g/mol. The zero-order chi connectivity index (χ0) is 70.4.